The largest absolute Gasteiger partial charge is 0.496 e. The maximum atomic E-state index is 5.86. The van der Waals surface area contributed by atoms with Crippen molar-refractivity contribution in [2.45, 2.75) is 40.2 Å². The minimum atomic E-state index is 0.0854. The van der Waals surface area contributed by atoms with Gasteiger partial charge in [0.15, 0.2) is 11.5 Å². The summed E-state index contributed by atoms with van der Waals surface area (Å²) >= 11 is 0. The van der Waals surface area contributed by atoms with E-state index in [1.54, 1.807) is 7.11 Å². The summed E-state index contributed by atoms with van der Waals surface area (Å²) < 4.78 is 17.4. The first-order valence-corrected chi connectivity index (χ1v) is 9.39. The first-order valence-electron chi connectivity index (χ1n) is 9.39. The molecule has 0 saturated carbocycles. The SMILES string of the molecule is CCOc1cc2c(cc1OCC)C(c1cc(C)cc(C)c1OC)NCC2. The average Bonchev–Trinajstić information content (AvgIpc) is 2.61. The predicted molar refractivity (Wildman–Crippen MR) is 105 cm³/mol. The fourth-order valence-electron chi connectivity index (χ4n) is 3.86. The molecule has 2 aromatic carbocycles. The van der Waals surface area contributed by atoms with Crippen molar-refractivity contribution in [3.05, 3.63) is 52.1 Å². The van der Waals surface area contributed by atoms with E-state index in [1.807, 2.05) is 13.8 Å². The molecule has 0 aliphatic carbocycles. The van der Waals surface area contributed by atoms with E-state index in [2.05, 4.69) is 43.4 Å². The molecule has 0 radical (unpaired) electrons. The highest BCUT2D eigenvalue weighted by Crippen LogP contribution is 2.41. The fourth-order valence-corrected chi connectivity index (χ4v) is 3.86. The van der Waals surface area contributed by atoms with Gasteiger partial charge in [-0.3, -0.25) is 0 Å². The molecule has 2 aromatic rings. The van der Waals surface area contributed by atoms with Crippen LogP contribution >= 0.6 is 0 Å². The van der Waals surface area contributed by atoms with Gasteiger partial charge in [-0.05, 0) is 62.9 Å². The van der Waals surface area contributed by atoms with Gasteiger partial charge in [0.25, 0.3) is 0 Å². The zero-order chi connectivity index (χ0) is 18.7. The standard InChI is InChI=1S/C22H29NO3/c1-6-25-19-12-16-8-9-23-21(17(16)13-20(19)26-7-2)18-11-14(3)10-15(4)22(18)24-5/h10-13,21,23H,6-9H2,1-5H3. The molecule has 1 N–H and O–H groups in total. The average molecular weight is 355 g/mol. The molecule has 4 nitrogen and oxygen atoms in total. The van der Waals surface area contributed by atoms with Crippen molar-refractivity contribution in [1.29, 1.82) is 0 Å². The molecule has 0 fully saturated rings. The van der Waals surface area contributed by atoms with Crippen LogP contribution in [-0.4, -0.2) is 26.9 Å². The summed E-state index contributed by atoms with van der Waals surface area (Å²) in [5.74, 6) is 2.60. The lowest BCUT2D eigenvalue weighted by atomic mass is 9.87. The summed E-state index contributed by atoms with van der Waals surface area (Å²) in [5.41, 5.74) is 6.13. The molecule has 3 rings (SSSR count). The van der Waals surface area contributed by atoms with Crippen LogP contribution in [0.15, 0.2) is 24.3 Å². The van der Waals surface area contributed by atoms with Gasteiger partial charge in [0.05, 0.1) is 26.4 Å². The van der Waals surface area contributed by atoms with E-state index in [0.29, 0.717) is 13.2 Å². The van der Waals surface area contributed by atoms with Crippen LogP contribution in [0, 0.1) is 13.8 Å². The molecule has 140 valence electrons. The molecule has 4 heteroatoms. The topological polar surface area (TPSA) is 39.7 Å². The van der Waals surface area contributed by atoms with Crippen LogP contribution in [0.2, 0.25) is 0 Å². The molecule has 0 bridgehead atoms. The van der Waals surface area contributed by atoms with Crippen LogP contribution in [0.5, 0.6) is 17.2 Å². The van der Waals surface area contributed by atoms with Crippen molar-refractivity contribution in [2.75, 3.05) is 26.9 Å². The minimum absolute atomic E-state index is 0.0854. The number of fused-ring (bicyclic) bond motifs is 1. The molecule has 1 aliphatic rings. The number of nitrogens with one attached hydrogen (secondary N) is 1. The Balaban J connectivity index is 2.13. The first-order chi connectivity index (χ1) is 12.6. The first kappa shape index (κ1) is 18.6. The molecule has 0 amide bonds. The van der Waals surface area contributed by atoms with E-state index in [1.165, 1.54) is 22.3 Å². The number of benzene rings is 2. The summed E-state index contributed by atoms with van der Waals surface area (Å²) in [4.78, 5) is 0. The Bertz CT molecular complexity index is 785. The smallest absolute Gasteiger partial charge is 0.161 e. The van der Waals surface area contributed by atoms with Gasteiger partial charge in [0.2, 0.25) is 0 Å². The molecule has 0 aromatic heterocycles. The quantitative estimate of drug-likeness (QED) is 0.836. The number of methoxy groups -OCH3 is 1. The molecule has 1 unspecified atom stereocenters. The van der Waals surface area contributed by atoms with Gasteiger partial charge >= 0.3 is 0 Å². The monoisotopic (exact) mass is 355 g/mol. The summed E-state index contributed by atoms with van der Waals surface area (Å²) in [6.07, 6.45) is 0.978. The highest BCUT2D eigenvalue weighted by atomic mass is 16.5. The zero-order valence-electron chi connectivity index (χ0n) is 16.4. The predicted octanol–water partition coefficient (Wildman–Crippen LogP) is 4.34. The van der Waals surface area contributed by atoms with Crippen molar-refractivity contribution in [3.63, 3.8) is 0 Å². The van der Waals surface area contributed by atoms with Gasteiger partial charge in [-0.1, -0.05) is 17.7 Å². The number of aryl methyl sites for hydroxylation is 2. The summed E-state index contributed by atoms with van der Waals surface area (Å²) in [6.45, 7) is 10.4. The van der Waals surface area contributed by atoms with Gasteiger partial charge in [-0.15, -0.1) is 0 Å². The van der Waals surface area contributed by atoms with Gasteiger partial charge in [-0.2, -0.15) is 0 Å². The number of ether oxygens (including phenoxy) is 3. The summed E-state index contributed by atoms with van der Waals surface area (Å²) in [6, 6.07) is 8.75. The van der Waals surface area contributed by atoms with E-state index in [4.69, 9.17) is 14.2 Å². The van der Waals surface area contributed by atoms with Crippen LogP contribution in [0.1, 0.15) is 47.7 Å². The molecule has 1 heterocycles. The van der Waals surface area contributed by atoms with E-state index >= 15 is 0 Å². The second-order valence-electron chi connectivity index (χ2n) is 6.71. The Kier molecular flexibility index (Phi) is 5.72. The summed E-state index contributed by atoms with van der Waals surface area (Å²) in [5, 5.41) is 3.67. The van der Waals surface area contributed by atoms with Gasteiger partial charge < -0.3 is 19.5 Å². The summed E-state index contributed by atoms with van der Waals surface area (Å²) in [7, 11) is 1.74. The Morgan fingerprint density at radius 2 is 1.65 bits per heavy atom. The van der Waals surface area contributed by atoms with Crippen molar-refractivity contribution in [1.82, 2.24) is 5.32 Å². The minimum Gasteiger partial charge on any atom is -0.496 e. The van der Waals surface area contributed by atoms with Crippen molar-refractivity contribution >= 4 is 0 Å². The van der Waals surface area contributed by atoms with Crippen LogP contribution in [0.4, 0.5) is 0 Å². The van der Waals surface area contributed by atoms with Crippen molar-refractivity contribution in [2.24, 2.45) is 0 Å². The lowest BCUT2D eigenvalue weighted by Gasteiger charge is -2.30. The third-order valence-corrected chi connectivity index (χ3v) is 4.82. The Hall–Kier alpha value is -2.20. The number of hydrogen-bond donors (Lipinski definition) is 1. The van der Waals surface area contributed by atoms with E-state index < -0.39 is 0 Å². The van der Waals surface area contributed by atoms with E-state index in [-0.39, 0.29) is 6.04 Å². The maximum absolute atomic E-state index is 5.86. The Morgan fingerprint density at radius 3 is 2.31 bits per heavy atom. The number of rotatable bonds is 6. The van der Waals surface area contributed by atoms with Gasteiger partial charge in [0.1, 0.15) is 5.75 Å². The molecular formula is C22H29NO3. The molecule has 1 aliphatic heterocycles. The molecule has 0 spiro atoms. The lowest BCUT2D eigenvalue weighted by Crippen LogP contribution is -2.31. The Morgan fingerprint density at radius 1 is 0.962 bits per heavy atom. The van der Waals surface area contributed by atoms with Crippen LogP contribution < -0.4 is 19.5 Å². The zero-order valence-corrected chi connectivity index (χ0v) is 16.4. The van der Waals surface area contributed by atoms with Crippen molar-refractivity contribution < 1.29 is 14.2 Å². The van der Waals surface area contributed by atoms with Crippen LogP contribution in [-0.2, 0) is 6.42 Å². The molecule has 1 atom stereocenters. The second-order valence-corrected chi connectivity index (χ2v) is 6.71. The molecule has 0 saturated heterocycles. The highest BCUT2D eigenvalue weighted by molar-refractivity contribution is 5.55. The van der Waals surface area contributed by atoms with Crippen LogP contribution in [0.3, 0.4) is 0 Å². The van der Waals surface area contributed by atoms with Gasteiger partial charge in [-0.25, -0.2) is 0 Å². The van der Waals surface area contributed by atoms with Gasteiger partial charge in [0, 0.05) is 12.1 Å². The highest BCUT2D eigenvalue weighted by Gasteiger charge is 2.27. The van der Waals surface area contributed by atoms with E-state index in [9.17, 15) is 0 Å². The third-order valence-electron chi connectivity index (χ3n) is 4.82. The Labute approximate surface area is 156 Å². The maximum Gasteiger partial charge on any atom is 0.161 e. The van der Waals surface area contributed by atoms with Crippen LogP contribution in [0.25, 0.3) is 0 Å². The third kappa shape index (κ3) is 3.51. The second kappa shape index (κ2) is 8.00. The van der Waals surface area contributed by atoms with E-state index in [0.717, 1.165) is 35.8 Å². The lowest BCUT2D eigenvalue weighted by molar-refractivity contribution is 0.286. The normalized spacial score (nSPS) is 16.1. The fraction of sp³-hybridized carbons (Fsp3) is 0.455. The number of hydrogen-bond acceptors (Lipinski definition) is 4. The molecule has 26 heavy (non-hydrogen) atoms. The molecular weight excluding hydrogens is 326 g/mol. The van der Waals surface area contributed by atoms with Crippen molar-refractivity contribution in [3.8, 4) is 17.2 Å².